The highest BCUT2D eigenvalue weighted by atomic mass is 127. The standard InChI is InChI=1S/C16H16ClIN2/c17-14-10-13(18)6-7-16(14)20-9-8-19-15(11-20)12-4-2-1-3-5-12/h1-7,10,15,19H,8-9,11H2. The number of benzene rings is 2. The Morgan fingerprint density at radius 3 is 2.70 bits per heavy atom. The molecule has 0 amide bonds. The largest absolute Gasteiger partial charge is 0.367 e. The Morgan fingerprint density at radius 1 is 1.15 bits per heavy atom. The molecule has 1 N–H and O–H groups in total. The summed E-state index contributed by atoms with van der Waals surface area (Å²) in [5.74, 6) is 0. The van der Waals surface area contributed by atoms with Crippen molar-refractivity contribution in [2.75, 3.05) is 24.5 Å². The van der Waals surface area contributed by atoms with E-state index in [0.717, 1.165) is 30.3 Å². The summed E-state index contributed by atoms with van der Waals surface area (Å²) in [6.07, 6.45) is 0. The molecule has 0 saturated carbocycles. The Balaban J connectivity index is 1.81. The first-order valence-electron chi connectivity index (χ1n) is 6.72. The van der Waals surface area contributed by atoms with Gasteiger partial charge in [0.05, 0.1) is 10.7 Å². The van der Waals surface area contributed by atoms with Crippen molar-refractivity contribution >= 4 is 39.9 Å². The number of piperazine rings is 1. The van der Waals surface area contributed by atoms with Gasteiger partial charge < -0.3 is 10.2 Å². The minimum Gasteiger partial charge on any atom is -0.367 e. The van der Waals surface area contributed by atoms with Crippen LogP contribution in [-0.4, -0.2) is 19.6 Å². The van der Waals surface area contributed by atoms with Gasteiger partial charge in [-0.25, -0.2) is 0 Å². The van der Waals surface area contributed by atoms with Gasteiger partial charge >= 0.3 is 0 Å². The zero-order valence-corrected chi connectivity index (χ0v) is 13.9. The van der Waals surface area contributed by atoms with E-state index in [-0.39, 0.29) is 0 Å². The molecule has 2 aromatic carbocycles. The number of hydrogen-bond acceptors (Lipinski definition) is 2. The van der Waals surface area contributed by atoms with Crippen molar-refractivity contribution < 1.29 is 0 Å². The molecule has 1 aliphatic heterocycles. The van der Waals surface area contributed by atoms with Crippen LogP contribution in [0.4, 0.5) is 5.69 Å². The van der Waals surface area contributed by atoms with Crippen LogP contribution in [0.1, 0.15) is 11.6 Å². The number of halogens is 2. The van der Waals surface area contributed by atoms with Gasteiger partial charge in [-0.3, -0.25) is 0 Å². The Kier molecular flexibility index (Phi) is 4.48. The summed E-state index contributed by atoms with van der Waals surface area (Å²) >= 11 is 8.68. The molecule has 1 heterocycles. The van der Waals surface area contributed by atoms with Gasteiger partial charge in [-0.05, 0) is 46.4 Å². The summed E-state index contributed by atoms with van der Waals surface area (Å²) in [7, 11) is 0. The zero-order chi connectivity index (χ0) is 13.9. The molecule has 0 bridgehead atoms. The van der Waals surface area contributed by atoms with Crippen molar-refractivity contribution in [3.8, 4) is 0 Å². The maximum absolute atomic E-state index is 6.39. The minimum absolute atomic E-state index is 0.361. The first-order chi connectivity index (χ1) is 9.74. The third-order valence-corrected chi connectivity index (χ3v) is 4.60. The van der Waals surface area contributed by atoms with Gasteiger partial charge in [-0.2, -0.15) is 0 Å². The summed E-state index contributed by atoms with van der Waals surface area (Å²) in [5.41, 5.74) is 2.47. The Hall–Kier alpha value is -0.780. The van der Waals surface area contributed by atoms with Crippen molar-refractivity contribution in [1.29, 1.82) is 0 Å². The van der Waals surface area contributed by atoms with E-state index in [9.17, 15) is 0 Å². The van der Waals surface area contributed by atoms with Crippen molar-refractivity contribution in [3.63, 3.8) is 0 Å². The van der Waals surface area contributed by atoms with Gasteiger partial charge in [0.25, 0.3) is 0 Å². The molecule has 2 aromatic rings. The predicted octanol–water partition coefficient (Wildman–Crippen LogP) is 4.10. The molecule has 3 rings (SSSR count). The van der Waals surface area contributed by atoms with Gasteiger partial charge in [0.1, 0.15) is 0 Å². The SMILES string of the molecule is Clc1cc(I)ccc1N1CCNC(c2ccccc2)C1. The molecule has 1 unspecified atom stereocenters. The molecule has 1 fully saturated rings. The van der Waals surface area contributed by atoms with Crippen LogP contribution in [-0.2, 0) is 0 Å². The normalized spacial score (nSPS) is 19.1. The average Bonchev–Trinajstić information content (AvgIpc) is 2.48. The first-order valence-corrected chi connectivity index (χ1v) is 8.18. The summed E-state index contributed by atoms with van der Waals surface area (Å²) in [4.78, 5) is 2.37. The highest BCUT2D eigenvalue weighted by Crippen LogP contribution is 2.30. The molecule has 4 heteroatoms. The van der Waals surface area contributed by atoms with Gasteiger partial charge in [-0.15, -0.1) is 0 Å². The van der Waals surface area contributed by atoms with Crippen LogP contribution in [0.15, 0.2) is 48.5 Å². The van der Waals surface area contributed by atoms with E-state index in [1.807, 2.05) is 6.07 Å². The summed E-state index contributed by atoms with van der Waals surface area (Å²) in [5, 5.41) is 4.42. The van der Waals surface area contributed by atoms with Crippen LogP contribution in [0.5, 0.6) is 0 Å². The highest BCUT2D eigenvalue weighted by Gasteiger charge is 2.22. The number of nitrogens with zero attached hydrogens (tertiary/aromatic N) is 1. The number of rotatable bonds is 2. The second-order valence-corrected chi connectivity index (χ2v) is 6.61. The lowest BCUT2D eigenvalue weighted by Gasteiger charge is -2.36. The van der Waals surface area contributed by atoms with E-state index >= 15 is 0 Å². The molecule has 1 atom stereocenters. The third kappa shape index (κ3) is 3.10. The molecule has 0 spiro atoms. The molecule has 0 radical (unpaired) electrons. The number of nitrogens with one attached hydrogen (secondary N) is 1. The molecular formula is C16H16ClIN2. The van der Waals surface area contributed by atoms with Crippen LogP contribution in [0.25, 0.3) is 0 Å². The van der Waals surface area contributed by atoms with Crippen molar-refractivity contribution in [2.45, 2.75) is 6.04 Å². The van der Waals surface area contributed by atoms with Gasteiger partial charge in [0.2, 0.25) is 0 Å². The summed E-state index contributed by atoms with van der Waals surface area (Å²) < 4.78 is 1.17. The van der Waals surface area contributed by atoms with E-state index in [0.29, 0.717) is 6.04 Å². The highest BCUT2D eigenvalue weighted by molar-refractivity contribution is 14.1. The fourth-order valence-electron chi connectivity index (χ4n) is 2.62. The van der Waals surface area contributed by atoms with Crippen LogP contribution in [0, 0.1) is 3.57 Å². The Labute approximate surface area is 138 Å². The van der Waals surface area contributed by atoms with Crippen LogP contribution >= 0.6 is 34.2 Å². The minimum atomic E-state index is 0.361. The molecule has 20 heavy (non-hydrogen) atoms. The smallest absolute Gasteiger partial charge is 0.0650 e. The van der Waals surface area contributed by atoms with Crippen molar-refractivity contribution in [1.82, 2.24) is 5.32 Å². The molecule has 1 aliphatic rings. The molecule has 0 aromatic heterocycles. The van der Waals surface area contributed by atoms with E-state index in [2.05, 4.69) is 75.3 Å². The fraction of sp³-hybridized carbons (Fsp3) is 0.250. The topological polar surface area (TPSA) is 15.3 Å². The van der Waals surface area contributed by atoms with Crippen molar-refractivity contribution in [3.05, 3.63) is 62.7 Å². The second kappa shape index (κ2) is 6.33. The fourth-order valence-corrected chi connectivity index (χ4v) is 3.59. The van der Waals surface area contributed by atoms with Gasteiger partial charge in [0, 0.05) is 29.2 Å². The Morgan fingerprint density at radius 2 is 1.95 bits per heavy atom. The molecule has 1 saturated heterocycles. The summed E-state index contributed by atoms with van der Waals surface area (Å²) in [6.45, 7) is 2.91. The summed E-state index contributed by atoms with van der Waals surface area (Å²) in [6, 6.07) is 17.2. The van der Waals surface area contributed by atoms with E-state index in [4.69, 9.17) is 11.6 Å². The van der Waals surface area contributed by atoms with Crippen LogP contribution < -0.4 is 10.2 Å². The van der Waals surface area contributed by atoms with E-state index < -0.39 is 0 Å². The van der Waals surface area contributed by atoms with Crippen molar-refractivity contribution in [2.24, 2.45) is 0 Å². The lowest BCUT2D eigenvalue weighted by atomic mass is 10.0. The number of anilines is 1. The quantitative estimate of drug-likeness (QED) is 0.766. The van der Waals surface area contributed by atoms with Gasteiger partial charge in [0.15, 0.2) is 0 Å². The van der Waals surface area contributed by atoms with E-state index in [1.165, 1.54) is 9.13 Å². The first kappa shape index (κ1) is 14.2. The van der Waals surface area contributed by atoms with Gasteiger partial charge in [-0.1, -0.05) is 41.9 Å². The Bertz CT molecular complexity index is 588. The lowest BCUT2D eigenvalue weighted by molar-refractivity contribution is 0.472. The molecule has 104 valence electrons. The van der Waals surface area contributed by atoms with Crippen LogP contribution in [0.2, 0.25) is 5.02 Å². The maximum Gasteiger partial charge on any atom is 0.0650 e. The van der Waals surface area contributed by atoms with E-state index in [1.54, 1.807) is 0 Å². The molecule has 0 aliphatic carbocycles. The number of hydrogen-bond donors (Lipinski definition) is 1. The average molecular weight is 399 g/mol. The third-order valence-electron chi connectivity index (χ3n) is 3.63. The lowest BCUT2D eigenvalue weighted by Crippen LogP contribution is -2.46. The van der Waals surface area contributed by atoms with Crippen LogP contribution in [0.3, 0.4) is 0 Å². The molecule has 2 nitrogen and oxygen atoms in total. The molecular weight excluding hydrogens is 383 g/mol. The monoisotopic (exact) mass is 398 g/mol. The predicted molar refractivity (Wildman–Crippen MR) is 93.6 cm³/mol. The second-order valence-electron chi connectivity index (χ2n) is 4.96. The maximum atomic E-state index is 6.39. The zero-order valence-electron chi connectivity index (χ0n) is 11.0.